The number of urea groups is 1. The molecule has 1 aromatic heterocycles. The molecule has 2 amide bonds. The number of nitrogens with zero attached hydrogens (tertiary/aromatic N) is 4. The first-order valence-electron chi connectivity index (χ1n) is 6.05. The van der Waals surface area contributed by atoms with E-state index in [0.717, 1.165) is 5.01 Å². The largest absolute Gasteiger partial charge is 0.439 e. The third-order valence-corrected chi connectivity index (χ3v) is 3.59. The van der Waals surface area contributed by atoms with Gasteiger partial charge in [-0.1, -0.05) is 11.3 Å². The molecule has 20 heavy (non-hydrogen) atoms. The van der Waals surface area contributed by atoms with Crippen molar-refractivity contribution < 1.29 is 19.1 Å². The van der Waals surface area contributed by atoms with E-state index in [2.05, 4.69) is 10.2 Å². The van der Waals surface area contributed by atoms with Gasteiger partial charge in [-0.3, -0.25) is 4.79 Å². The van der Waals surface area contributed by atoms with Crippen molar-refractivity contribution in [2.75, 3.05) is 32.2 Å². The van der Waals surface area contributed by atoms with Gasteiger partial charge in [-0.2, -0.15) is 0 Å². The minimum absolute atomic E-state index is 0.147. The Balaban J connectivity index is 2.10. The van der Waals surface area contributed by atoms with Crippen LogP contribution in [0.1, 0.15) is 11.4 Å². The summed E-state index contributed by atoms with van der Waals surface area (Å²) < 4.78 is 10.1. The molecule has 1 fully saturated rings. The molecule has 1 aliphatic heterocycles. The van der Waals surface area contributed by atoms with Gasteiger partial charge in [-0.25, -0.2) is 9.69 Å². The number of esters is 1. The van der Waals surface area contributed by atoms with E-state index in [1.54, 1.807) is 14.0 Å². The summed E-state index contributed by atoms with van der Waals surface area (Å²) in [6.45, 7) is 2.38. The maximum Gasteiger partial charge on any atom is 0.329 e. The highest BCUT2D eigenvalue weighted by Gasteiger charge is 2.40. The third kappa shape index (κ3) is 3.05. The predicted octanol–water partition coefficient (Wildman–Crippen LogP) is 0.624. The zero-order valence-corrected chi connectivity index (χ0v) is 12.3. The molecule has 9 heteroatoms. The summed E-state index contributed by atoms with van der Waals surface area (Å²) >= 11 is 1.28. The van der Waals surface area contributed by atoms with Crippen LogP contribution in [0.4, 0.5) is 9.93 Å². The summed E-state index contributed by atoms with van der Waals surface area (Å²) in [6, 6.07) is -0.259. The van der Waals surface area contributed by atoms with Crippen molar-refractivity contribution >= 4 is 28.5 Å². The lowest BCUT2D eigenvalue weighted by Gasteiger charge is -2.19. The summed E-state index contributed by atoms with van der Waals surface area (Å²) in [4.78, 5) is 26.6. The number of carbonyl (C=O) groups excluding carboxylic acids is 2. The van der Waals surface area contributed by atoms with E-state index in [-0.39, 0.29) is 19.1 Å². The highest BCUT2D eigenvalue weighted by molar-refractivity contribution is 7.15. The molecule has 1 aromatic rings. The van der Waals surface area contributed by atoms with E-state index in [9.17, 15) is 9.59 Å². The number of ether oxygens (including phenoxy) is 2. The number of methoxy groups -OCH3 is 1. The molecule has 2 rings (SSSR count). The molecular formula is C11H16N4O4S. The quantitative estimate of drug-likeness (QED) is 0.741. The van der Waals surface area contributed by atoms with Gasteiger partial charge in [0, 0.05) is 14.2 Å². The minimum Gasteiger partial charge on any atom is -0.439 e. The number of anilines is 1. The maximum atomic E-state index is 12.1. The maximum absolute atomic E-state index is 12.1. The first-order valence-corrected chi connectivity index (χ1v) is 6.87. The van der Waals surface area contributed by atoms with Crippen molar-refractivity contribution in [3.05, 3.63) is 5.01 Å². The molecule has 1 unspecified atom stereocenters. The Hall–Kier alpha value is -1.74. The molecule has 0 radical (unpaired) electrons. The van der Waals surface area contributed by atoms with Crippen molar-refractivity contribution in [3.63, 3.8) is 0 Å². The molecule has 0 spiro atoms. The number of aryl methyl sites for hydroxylation is 1. The number of likely N-dealkylation sites (N-methyl/N-ethyl adjacent to an activating group) is 1. The van der Waals surface area contributed by atoms with Crippen LogP contribution < -0.4 is 4.90 Å². The first-order chi connectivity index (χ1) is 9.52. The lowest BCUT2D eigenvalue weighted by Crippen LogP contribution is -2.37. The minimum atomic E-state index is -0.677. The predicted molar refractivity (Wildman–Crippen MR) is 71.5 cm³/mol. The monoisotopic (exact) mass is 300 g/mol. The van der Waals surface area contributed by atoms with Gasteiger partial charge in [-0.05, 0) is 6.92 Å². The van der Waals surface area contributed by atoms with Crippen molar-refractivity contribution in [1.29, 1.82) is 0 Å². The van der Waals surface area contributed by atoms with E-state index in [0.29, 0.717) is 11.7 Å². The Morgan fingerprint density at radius 2 is 2.25 bits per heavy atom. The van der Waals surface area contributed by atoms with Crippen LogP contribution in [0.5, 0.6) is 0 Å². The zero-order chi connectivity index (χ0) is 14.7. The van der Waals surface area contributed by atoms with Gasteiger partial charge in [0.15, 0.2) is 0 Å². The molecule has 8 nitrogen and oxygen atoms in total. The molecule has 1 saturated heterocycles. The van der Waals surface area contributed by atoms with Crippen molar-refractivity contribution in [3.8, 4) is 0 Å². The van der Waals surface area contributed by atoms with Crippen LogP contribution in [0.2, 0.25) is 0 Å². The highest BCUT2D eigenvalue weighted by atomic mass is 32.1. The summed E-state index contributed by atoms with van der Waals surface area (Å²) in [5.74, 6) is -0.411. The number of amides is 2. The fourth-order valence-corrected chi connectivity index (χ4v) is 2.50. The lowest BCUT2D eigenvalue weighted by molar-refractivity contribution is -0.149. The highest BCUT2D eigenvalue weighted by Crippen LogP contribution is 2.27. The second kappa shape index (κ2) is 6.14. The average molecular weight is 300 g/mol. The Morgan fingerprint density at radius 1 is 1.50 bits per heavy atom. The van der Waals surface area contributed by atoms with Gasteiger partial charge < -0.3 is 14.4 Å². The van der Waals surface area contributed by atoms with Crippen LogP contribution in [0.15, 0.2) is 0 Å². The van der Waals surface area contributed by atoms with Gasteiger partial charge in [0.25, 0.3) is 0 Å². The van der Waals surface area contributed by atoms with Crippen LogP contribution in [0.25, 0.3) is 0 Å². The fraction of sp³-hybridized carbons (Fsp3) is 0.636. The summed E-state index contributed by atoms with van der Waals surface area (Å²) in [7, 11) is 3.16. The van der Waals surface area contributed by atoms with Crippen molar-refractivity contribution in [1.82, 2.24) is 15.1 Å². The molecule has 0 aliphatic carbocycles. The normalized spacial score (nSPS) is 18.8. The van der Waals surface area contributed by atoms with Crippen LogP contribution in [-0.4, -0.2) is 60.6 Å². The van der Waals surface area contributed by atoms with Gasteiger partial charge in [0.1, 0.15) is 5.01 Å². The van der Waals surface area contributed by atoms with Crippen LogP contribution in [0, 0.1) is 6.92 Å². The van der Waals surface area contributed by atoms with Gasteiger partial charge >= 0.3 is 12.0 Å². The van der Waals surface area contributed by atoms with E-state index in [4.69, 9.17) is 9.47 Å². The van der Waals surface area contributed by atoms with Crippen LogP contribution in [-0.2, 0) is 14.3 Å². The summed E-state index contributed by atoms with van der Waals surface area (Å²) in [6.07, 6.45) is -0.530. The number of rotatable bonds is 5. The SMILES string of the molecule is COCCC(=O)OC1CN(C)C(=O)N1c1nnc(C)s1. The molecule has 110 valence electrons. The Morgan fingerprint density at radius 3 is 2.85 bits per heavy atom. The molecule has 0 bridgehead atoms. The molecule has 0 aromatic carbocycles. The molecular weight excluding hydrogens is 284 g/mol. The van der Waals surface area contributed by atoms with Gasteiger partial charge in [0.2, 0.25) is 11.4 Å². The number of hydrogen-bond donors (Lipinski definition) is 0. The first kappa shape index (κ1) is 14.7. The lowest BCUT2D eigenvalue weighted by atomic mass is 10.4. The molecule has 2 heterocycles. The molecule has 1 aliphatic rings. The van der Waals surface area contributed by atoms with Crippen molar-refractivity contribution in [2.24, 2.45) is 0 Å². The zero-order valence-electron chi connectivity index (χ0n) is 11.5. The Labute approximate surface area is 120 Å². The van der Waals surface area contributed by atoms with E-state index in [1.807, 2.05) is 0 Å². The number of hydrogen-bond acceptors (Lipinski definition) is 7. The Kier molecular flexibility index (Phi) is 4.50. The number of aromatic nitrogens is 2. The summed E-state index contributed by atoms with van der Waals surface area (Å²) in [5.41, 5.74) is 0. The van der Waals surface area contributed by atoms with Gasteiger partial charge in [0.05, 0.1) is 19.6 Å². The average Bonchev–Trinajstić information content (AvgIpc) is 2.92. The smallest absolute Gasteiger partial charge is 0.329 e. The molecule has 1 atom stereocenters. The standard InChI is InChI=1S/C11H16N4O4S/c1-7-12-13-10(20-7)15-8(6-14(2)11(15)17)19-9(16)4-5-18-3/h8H,4-6H2,1-3H3. The molecule has 0 N–H and O–H groups in total. The molecule has 0 saturated carbocycles. The fourth-order valence-electron chi connectivity index (χ4n) is 1.78. The Bertz CT molecular complexity index is 506. The van der Waals surface area contributed by atoms with Crippen molar-refractivity contribution in [2.45, 2.75) is 19.6 Å². The number of carbonyl (C=O) groups is 2. The topological polar surface area (TPSA) is 84.9 Å². The second-order valence-corrected chi connectivity index (χ2v) is 5.48. The van der Waals surface area contributed by atoms with Crippen LogP contribution in [0.3, 0.4) is 0 Å². The van der Waals surface area contributed by atoms with Crippen LogP contribution >= 0.6 is 11.3 Å². The second-order valence-electron chi connectivity index (χ2n) is 4.32. The van der Waals surface area contributed by atoms with E-state index >= 15 is 0 Å². The van der Waals surface area contributed by atoms with E-state index < -0.39 is 12.2 Å². The van der Waals surface area contributed by atoms with E-state index in [1.165, 1.54) is 28.2 Å². The third-order valence-electron chi connectivity index (χ3n) is 2.75. The van der Waals surface area contributed by atoms with Gasteiger partial charge in [-0.15, -0.1) is 10.2 Å². The summed E-state index contributed by atoms with van der Waals surface area (Å²) in [5, 5.41) is 8.99.